The molecular weight excluding hydrogens is 400 g/mol. The number of hydrazone groups is 1. The Morgan fingerprint density at radius 3 is 2.34 bits per heavy atom. The Bertz CT molecular complexity index is 1250. The summed E-state index contributed by atoms with van der Waals surface area (Å²) >= 11 is 0. The van der Waals surface area contributed by atoms with Gasteiger partial charge in [0.2, 0.25) is 5.91 Å². The number of oxazole rings is 1. The lowest BCUT2D eigenvalue weighted by atomic mass is 9.96. The minimum atomic E-state index is -0.465. The summed E-state index contributed by atoms with van der Waals surface area (Å²) in [4.78, 5) is 17.7. The lowest BCUT2D eigenvalue weighted by Gasteiger charge is -2.15. The van der Waals surface area contributed by atoms with Crippen LogP contribution in [0.25, 0.3) is 11.3 Å². The first-order chi connectivity index (χ1) is 15.7. The van der Waals surface area contributed by atoms with Crippen molar-refractivity contribution in [3.8, 4) is 11.3 Å². The summed E-state index contributed by atoms with van der Waals surface area (Å²) in [6, 6.07) is 27.8. The fraction of sp³-hybridized carbons (Fsp3) is 0.115. The molecule has 6 heteroatoms. The maximum absolute atomic E-state index is 13.2. The Morgan fingerprint density at radius 2 is 1.62 bits per heavy atom. The lowest BCUT2D eigenvalue weighted by Crippen LogP contribution is -2.32. The predicted molar refractivity (Wildman–Crippen MR) is 126 cm³/mol. The van der Waals surface area contributed by atoms with Gasteiger partial charge in [-0.2, -0.15) is 10.1 Å². The number of hydrogen-bond acceptors (Lipinski definition) is 5. The lowest BCUT2D eigenvalue weighted by molar-refractivity contribution is -0.117. The molecule has 5 rings (SSSR count). The molecule has 1 atom stereocenters. The SMILES string of the molecule is Cc1ccc(-c2coc(NC(=O)[C@@H]3CN(c4ccccc4)N=C3c3ccccc3)n2)cc1. The zero-order valence-corrected chi connectivity index (χ0v) is 17.6. The molecule has 2 heterocycles. The van der Waals surface area contributed by atoms with E-state index in [2.05, 4.69) is 10.3 Å². The van der Waals surface area contributed by atoms with E-state index >= 15 is 0 Å². The molecule has 6 nitrogen and oxygen atoms in total. The standard InChI is InChI=1S/C26H22N4O2/c1-18-12-14-19(15-13-18)23-17-32-26(27-23)28-25(31)22-16-30(21-10-6-3-7-11-21)29-24(22)20-8-4-2-5-9-20/h2-15,17,22H,16H2,1H3,(H,27,28,31)/t22-/m1/s1. The van der Waals surface area contributed by atoms with Gasteiger partial charge in [0.1, 0.15) is 17.9 Å². The second-order valence-corrected chi connectivity index (χ2v) is 7.71. The van der Waals surface area contributed by atoms with E-state index in [1.807, 2.05) is 96.9 Å². The molecule has 3 aromatic carbocycles. The molecule has 1 amide bonds. The van der Waals surface area contributed by atoms with Crippen LogP contribution in [0, 0.1) is 12.8 Å². The molecule has 32 heavy (non-hydrogen) atoms. The number of carbonyl (C=O) groups is 1. The molecule has 0 bridgehead atoms. The van der Waals surface area contributed by atoms with E-state index < -0.39 is 5.92 Å². The Hall–Kier alpha value is -4.19. The minimum Gasteiger partial charge on any atom is -0.431 e. The van der Waals surface area contributed by atoms with Gasteiger partial charge in [0.05, 0.1) is 17.9 Å². The highest BCUT2D eigenvalue weighted by Crippen LogP contribution is 2.27. The van der Waals surface area contributed by atoms with E-state index in [9.17, 15) is 4.79 Å². The number of para-hydroxylation sites is 1. The van der Waals surface area contributed by atoms with Gasteiger partial charge in [0, 0.05) is 5.56 Å². The average molecular weight is 422 g/mol. The van der Waals surface area contributed by atoms with Crippen molar-refractivity contribution < 1.29 is 9.21 Å². The van der Waals surface area contributed by atoms with Crippen molar-refractivity contribution >= 4 is 23.3 Å². The number of aryl methyl sites for hydroxylation is 1. The number of nitrogens with zero attached hydrogens (tertiary/aromatic N) is 3. The second-order valence-electron chi connectivity index (χ2n) is 7.71. The van der Waals surface area contributed by atoms with Crippen molar-refractivity contribution in [2.75, 3.05) is 16.9 Å². The van der Waals surface area contributed by atoms with Crippen molar-refractivity contribution in [1.82, 2.24) is 4.98 Å². The number of carbonyl (C=O) groups excluding carboxylic acids is 1. The number of benzene rings is 3. The molecule has 0 saturated heterocycles. The molecular formula is C26H22N4O2. The van der Waals surface area contributed by atoms with Crippen molar-refractivity contribution in [1.29, 1.82) is 0 Å². The molecule has 0 aliphatic carbocycles. The fourth-order valence-electron chi connectivity index (χ4n) is 3.72. The van der Waals surface area contributed by atoms with Crippen LogP contribution in [0.1, 0.15) is 11.1 Å². The molecule has 1 aliphatic heterocycles. The largest absolute Gasteiger partial charge is 0.431 e. The molecule has 1 aromatic heterocycles. The van der Waals surface area contributed by atoms with Gasteiger partial charge in [-0.25, -0.2) is 0 Å². The monoisotopic (exact) mass is 422 g/mol. The van der Waals surface area contributed by atoms with Crippen LogP contribution >= 0.6 is 0 Å². The topological polar surface area (TPSA) is 70.7 Å². The fourth-order valence-corrected chi connectivity index (χ4v) is 3.72. The van der Waals surface area contributed by atoms with Crippen LogP contribution in [0.5, 0.6) is 0 Å². The number of anilines is 2. The number of hydrogen-bond donors (Lipinski definition) is 1. The summed E-state index contributed by atoms with van der Waals surface area (Å²) in [5.41, 5.74) is 5.35. The van der Waals surface area contributed by atoms with Crippen LogP contribution in [0.15, 0.2) is 101 Å². The molecule has 0 spiro atoms. The number of nitrogens with one attached hydrogen (secondary N) is 1. The molecule has 1 N–H and O–H groups in total. The highest BCUT2D eigenvalue weighted by molar-refractivity contribution is 6.17. The smallest absolute Gasteiger partial charge is 0.301 e. The molecule has 158 valence electrons. The summed E-state index contributed by atoms with van der Waals surface area (Å²) in [6.07, 6.45) is 1.55. The van der Waals surface area contributed by atoms with Crippen LogP contribution in [-0.2, 0) is 4.79 Å². The third-order valence-electron chi connectivity index (χ3n) is 5.44. The van der Waals surface area contributed by atoms with Gasteiger partial charge < -0.3 is 4.42 Å². The van der Waals surface area contributed by atoms with Crippen molar-refractivity contribution in [3.05, 3.63) is 102 Å². The van der Waals surface area contributed by atoms with Gasteiger partial charge in [-0.3, -0.25) is 15.1 Å². The molecule has 0 radical (unpaired) electrons. The molecule has 4 aromatic rings. The van der Waals surface area contributed by atoms with Crippen LogP contribution in [-0.4, -0.2) is 23.1 Å². The van der Waals surface area contributed by atoms with E-state index in [1.54, 1.807) is 6.26 Å². The van der Waals surface area contributed by atoms with E-state index in [0.29, 0.717) is 12.2 Å². The number of aromatic nitrogens is 1. The first-order valence-corrected chi connectivity index (χ1v) is 10.5. The van der Waals surface area contributed by atoms with Gasteiger partial charge >= 0.3 is 6.01 Å². The average Bonchev–Trinajstić information content (AvgIpc) is 3.48. The minimum absolute atomic E-state index is 0.177. The van der Waals surface area contributed by atoms with E-state index in [-0.39, 0.29) is 11.9 Å². The Morgan fingerprint density at radius 1 is 0.938 bits per heavy atom. The quantitative estimate of drug-likeness (QED) is 0.484. The molecule has 0 fully saturated rings. The van der Waals surface area contributed by atoms with Crippen molar-refractivity contribution in [2.45, 2.75) is 6.92 Å². The van der Waals surface area contributed by atoms with Crippen LogP contribution in [0.2, 0.25) is 0 Å². The van der Waals surface area contributed by atoms with Crippen molar-refractivity contribution in [3.63, 3.8) is 0 Å². The van der Waals surface area contributed by atoms with Crippen LogP contribution in [0.3, 0.4) is 0 Å². The van der Waals surface area contributed by atoms with Gasteiger partial charge in [0.25, 0.3) is 0 Å². The Kier molecular flexibility index (Phi) is 5.25. The van der Waals surface area contributed by atoms with E-state index in [1.165, 1.54) is 5.56 Å². The number of rotatable bonds is 5. The Labute approximate surface area is 186 Å². The van der Waals surface area contributed by atoms with Gasteiger partial charge in [0.15, 0.2) is 0 Å². The molecule has 0 unspecified atom stereocenters. The third kappa shape index (κ3) is 4.03. The zero-order chi connectivity index (χ0) is 21.9. The maximum Gasteiger partial charge on any atom is 0.301 e. The van der Waals surface area contributed by atoms with Gasteiger partial charge in [-0.15, -0.1) is 0 Å². The van der Waals surface area contributed by atoms with Gasteiger partial charge in [-0.05, 0) is 24.6 Å². The summed E-state index contributed by atoms with van der Waals surface area (Å²) in [6.45, 7) is 2.47. The summed E-state index contributed by atoms with van der Waals surface area (Å²) in [5.74, 6) is -0.671. The van der Waals surface area contributed by atoms with E-state index in [0.717, 1.165) is 22.5 Å². The summed E-state index contributed by atoms with van der Waals surface area (Å²) < 4.78 is 5.54. The predicted octanol–water partition coefficient (Wildman–Crippen LogP) is 5.13. The van der Waals surface area contributed by atoms with Crippen molar-refractivity contribution in [2.24, 2.45) is 11.0 Å². The molecule has 0 saturated carbocycles. The van der Waals surface area contributed by atoms with E-state index in [4.69, 9.17) is 9.52 Å². The van der Waals surface area contributed by atoms with Crippen LogP contribution < -0.4 is 10.3 Å². The zero-order valence-electron chi connectivity index (χ0n) is 17.6. The highest BCUT2D eigenvalue weighted by Gasteiger charge is 2.34. The normalized spacial score (nSPS) is 15.5. The van der Waals surface area contributed by atoms with Gasteiger partial charge in [-0.1, -0.05) is 78.4 Å². The number of amides is 1. The first-order valence-electron chi connectivity index (χ1n) is 10.5. The first kappa shape index (κ1) is 19.8. The third-order valence-corrected chi connectivity index (χ3v) is 5.44. The maximum atomic E-state index is 13.2. The summed E-state index contributed by atoms with van der Waals surface area (Å²) in [5, 5.41) is 9.47. The molecule has 1 aliphatic rings. The second kappa shape index (κ2) is 8.51. The highest BCUT2D eigenvalue weighted by atomic mass is 16.4. The Balaban J connectivity index is 1.38. The summed E-state index contributed by atoms with van der Waals surface area (Å²) in [7, 11) is 0. The van der Waals surface area contributed by atoms with Crippen LogP contribution in [0.4, 0.5) is 11.7 Å².